The normalized spacial score (nSPS) is 19.2. The average Bonchev–Trinajstić information content (AvgIpc) is 3.38. The van der Waals surface area contributed by atoms with Crippen molar-refractivity contribution >= 4 is 11.6 Å². The van der Waals surface area contributed by atoms with Crippen molar-refractivity contribution in [2.45, 2.75) is 25.0 Å². The van der Waals surface area contributed by atoms with E-state index in [1.165, 1.54) is 12.1 Å². The number of benzene rings is 2. The van der Waals surface area contributed by atoms with E-state index in [0.717, 1.165) is 24.1 Å². The average molecular weight is 348 g/mol. The first-order valence-corrected chi connectivity index (χ1v) is 8.74. The van der Waals surface area contributed by atoms with Crippen molar-refractivity contribution in [1.82, 2.24) is 4.90 Å². The Kier molecular flexibility index (Phi) is 3.35. The molecule has 1 aliphatic carbocycles. The molecule has 0 saturated heterocycles. The maximum atomic E-state index is 13.1. The number of fused-ring (bicyclic) bond motifs is 1. The fourth-order valence-electron chi connectivity index (χ4n) is 3.48. The molecule has 1 saturated carbocycles. The van der Waals surface area contributed by atoms with Crippen LogP contribution in [-0.4, -0.2) is 16.8 Å². The zero-order valence-electron chi connectivity index (χ0n) is 14.0. The number of carbonyl (C=O) groups excluding carboxylic acids is 1. The molecule has 3 aromatic rings. The van der Waals surface area contributed by atoms with Crippen LogP contribution in [0.5, 0.6) is 0 Å². The van der Waals surface area contributed by atoms with Crippen LogP contribution in [-0.2, 0) is 0 Å². The number of nitrogens with zero attached hydrogens (tertiary/aromatic N) is 1. The summed E-state index contributed by atoms with van der Waals surface area (Å²) >= 11 is 0. The van der Waals surface area contributed by atoms with Gasteiger partial charge in [0.2, 0.25) is 0 Å². The second-order valence-electron chi connectivity index (χ2n) is 6.74. The zero-order chi connectivity index (χ0) is 17.7. The smallest absolute Gasteiger partial charge is 0.258 e. The highest BCUT2D eigenvalue weighted by Crippen LogP contribution is 2.41. The zero-order valence-corrected chi connectivity index (χ0v) is 14.0. The fourth-order valence-corrected chi connectivity index (χ4v) is 3.48. The van der Waals surface area contributed by atoms with Crippen LogP contribution in [0.25, 0.3) is 11.3 Å². The van der Waals surface area contributed by atoms with Gasteiger partial charge in [-0.25, -0.2) is 4.39 Å². The highest BCUT2D eigenvalue weighted by Gasteiger charge is 2.43. The number of hydrogen-bond acceptors (Lipinski definition) is 3. The van der Waals surface area contributed by atoms with E-state index in [1.54, 1.807) is 12.1 Å². The summed E-state index contributed by atoms with van der Waals surface area (Å²) in [6, 6.07) is 17.7. The summed E-state index contributed by atoms with van der Waals surface area (Å²) in [4.78, 5) is 14.9. The molecule has 0 radical (unpaired) electrons. The number of para-hydroxylation sites is 1. The van der Waals surface area contributed by atoms with Gasteiger partial charge in [-0.2, -0.15) is 0 Å². The first-order chi connectivity index (χ1) is 12.7. The van der Waals surface area contributed by atoms with Gasteiger partial charge in [0.25, 0.3) is 5.91 Å². The fraction of sp³-hybridized carbons (Fsp3) is 0.190. The Labute approximate surface area is 150 Å². The molecule has 4 nitrogen and oxygen atoms in total. The van der Waals surface area contributed by atoms with E-state index in [9.17, 15) is 9.18 Å². The third kappa shape index (κ3) is 2.47. The number of carbonyl (C=O) groups is 1. The molecule has 0 bridgehead atoms. The van der Waals surface area contributed by atoms with Gasteiger partial charge in [0.05, 0.1) is 5.56 Å². The van der Waals surface area contributed by atoms with Crippen LogP contribution in [0.4, 0.5) is 10.1 Å². The minimum absolute atomic E-state index is 0.0339. The highest BCUT2D eigenvalue weighted by atomic mass is 19.1. The second-order valence-corrected chi connectivity index (χ2v) is 6.74. The standard InChI is InChI=1S/C21H17FN2O2/c22-14-7-5-13(6-8-14)18-11-12-19(26-18)20-23-17-4-2-1-3-16(17)21(25)24(20)15-9-10-15/h1-8,11-12,15,20,23H,9-10H2. The number of furan rings is 1. The van der Waals surface area contributed by atoms with Gasteiger partial charge in [-0.1, -0.05) is 12.1 Å². The minimum atomic E-state index is -0.334. The lowest BCUT2D eigenvalue weighted by Crippen LogP contribution is -2.44. The first kappa shape index (κ1) is 15.2. The number of hydrogen-bond donors (Lipinski definition) is 1. The monoisotopic (exact) mass is 348 g/mol. The topological polar surface area (TPSA) is 45.5 Å². The van der Waals surface area contributed by atoms with Gasteiger partial charge >= 0.3 is 0 Å². The Morgan fingerprint density at radius 3 is 2.54 bits per heavy atom. The molecule has 1 aromatic heterocycles. The van der Waals surface area contributed by atoms with E-state index in [1.807, 2.05) is 41.3 Å². The van der Waals surface area contributed by atoms with Crippen molar-refractivity contribution in [3.63, 3.8) is 0 Å². The van der Waals surface area contributed by atoms with Crippen LogP contribution in [0.3, 0.4) is 0 Å². The van der Waals surface area contributed by atoms with E-state index in [0.29, 0.717) is 17.1 Å². The van der Waals surface area contributed by atoms with E-state index in [2.05, 4.69) is 5.32 Å². The summed E-state index contributed by atoms with van der Waals surface area (Å²) in [7, 11) is 0. The van der Waals surface area contributed by atoms with Crippen LogP contribution < -0.4 is 5.32 Å². The quantitative estimate of drug-likeness (QED) is 0.738. The summed E-state index contributed by atoms with van der Waals surface area (Å²) in [5, 5.41) is 3.44. The maximum Gasteiger partial charge on any atom is 0.258 e. The predicted molar refractivity (Wildman–Crippen MR) is 96.1 cm³/mol. The molecular weight excluding hydrogens is 331 g/mol. The molecule has 1 fully saturated rings. The maximum absolute atomic E-state index is 13.1. The molecule has 130 valence electrons. The lowest BCUT2D eigenvalue weighted by Gasteiger charge is -2.37. The Balaban J connectivity index is 1.52. The first-order valence-electron chi connectivity index (χ1n) is 8.74. The predicted octanol–water partition coefficient (Wildman–Crippen LogP) is 4.81. The number of amides is 1. The molecule has 2 heterocycles. The summed E-state index contributed by atoms with van der Waals surface area (Å²) in [6.07, 6.45) is 1.69. The number of nitrogens with one attached hydrogen (secondary N) is 1. The third-order valence-electron chi connectivity index (χ3n) is 4.93. The SMILES string of the molecule is O=C1c2ccccc2NC(c2ccc(-c3ccc(F)cc3)o2)N1C1CC1. The highest BCUT2D eigenvalue weighted by molar-refractivity contribution is 6.02. The van der Waals surface area contributed by atoms with Gasteiger partial charge < -0.3 is 14.6 Å². The second kappa shape index (κ2) is 5.73. The molecule has 2 aromatic carbocycles. The van der Waals surface area contributed by atoms with Crippen molar-refractivity contribution in [3.05, 3.63) is 77.8 Å². The molecular formula is C21H17FN2O2. The van der Waals surface area contributed by atoms with Gasteiger partial charge in [-0.3, -0.25) is 4.79 Å². The van der Waals surface area contributed by atoms with Gasteiger partial charge in [0, 0.05) is 17.3 Å². The number of halogens is 1. The minimum Gasteiger partial charge on any atom is -0.457 e. The molecule has 26 heavy (non-hydrogen) atoms. The largest absolute Gasteiger partial charge is 0.457 e. The van der Waals surface area contributed by atoms with Gasteiger partial charge in [0.1, 0.15) is 17.3 Å². The van der Waals surface area contributed by atoms with Crippen LogP contribution in [0.15, 0.2) is 65.1 Å². The molecule has 1 aliphatic heterocycles. The third-order valence-corrected chi connectivity index (χ3v) is 4.93. The van der Waals surface area contributed by atoms with Crippen molar-refractivity contribution in [2.75, 3.05) is 5.32 Å². The molecule has 0 spiro atoms. The van der Waals surface area contributed by atoms with Gasteiger partial charge in [-0.15, -0.1) is 0 Å². The molecule has 5 rings (SSSR count). The molecule has 2 aliphatic rings. The van der Waals surface area contributed by atoms with Gasteiger partial charge in [-0.05, 0) is 61.4 Å². The number of anilines is 1. The summed E-state index contributed by atoms with van der Waals surface area (Å²) < 4.78 is 19.2. The molecule has 1 N–H and O–H groups in total. The summed E-state index contributed by atoms with van der Waals surface area (Å²) in [6.45, 7) is 0. The lowest BCUT2D eigenvalue weighted by molar-refractivity contribution is 0.0646. The molecule has 1 unspecified atom stereocenters. The lowest BCUT2D eigenvalue weighted by atomic mass is 10.1. The molecule has 5 heteroatoms. The van der Waals surface area contributed by atoms with Crippen LogP contribution in [0.1, 0.15) is 35.1 Å². The van der Waals surface area contributed by atoms with Crippen molar-refractivity contribution in [2.24, 2.45) is 0 Å². The van der Waals surface area contributed by atoms with Crippen LogP contribution in [0, 0.1) is 5.82 Å². The van der Waals surface area contributed by atoms with E-state index in [4.69, 9.17) is 4.42 Å². The van der Waals surface area contributed by atoms with Crippen molar-refractivity contribution in [3.8, 4) is 11.3 Å². The van der Waals surface area contributed by atoms with E-state index < -0.39 is 0 Å². The Morgan fingerprint density at radius 2 is 1.77 bits per heavy atom. The molecule has 1 atom stereocenters. The Morgan fingerprint density at radius 1 is 1.00 bits per heavy atom. The number of rotatable bonds is 3. The van der Waals surface area contributed by atoms with Crippen molar-refractivity contribution < 1.29 is 13.6 Å². The van der Waals surface area contributed by atoms with Crippen LogP contribution >= 0.6 is 0 Å². The van der Waals surface area contributed by atoms with E-state index >= 15 is 0 Å². The molecule has 1 amide bonds. The summed E-state index contributed by atoms with van der Waals surface area (Å²) in [5.74, 6) is 1.09. The van der Waals surface area contributed by atoms with Crippen LogP contribution in [0.2, 0.25) is 0 Å². The Bertz CT molecular complexity index is 976. The van der Waals surface area contributed by atoms with E-state index in [-0.39, 0.29) is 23.9 Å². The van der Waals surface area contributed by atoms with Crippen molar-refractivity contribution in [1.29, 1.82) is 0 Å². The summed E-state index contributed by atoms with van der Waals surface area (Å²) in [5.41, 5.74) is 2.32. The Hall–Kier alpha value is -3.08. The van der Waals surface area contributed by atoms with Gasteiger partial charge in [0.15, 0.2) is 6.17 Å².